The molecule has 1 N–H and O–H groups in total. The van der Waals surface area contributed by atoms with E-state index in [1.54, 1.807) is 0 Å². The minimum absolute atomic E-state index is 0.435. The minimum Gasteiger partial charge on any atom is -0.314 e. The molecular formula is C11H15N. The third-order valence-electron chi connectivity index (χ3n) is 1.83. The summed E-state index contributed by atoms with van der Waals surface area (Å²) in [5.74, 6) is 0. The molecule has 0 unspecified atom stereocenters. The number of hydrogen-bond donors (Lipinski definition) is 1. The quantitative estimate of drug-likeness (QED) is 0.717. The van der Waals surface area contributed by atoms with Crippen LogP contribution in [0.3, 0.4) is 0 Å². The molecule has 12 heavy (non-hydrogen) atoms. The molecule has 1 aromatic carbocycles. The lowest BCUT2D eigenvalue weighted by Crippen LogP contribution is -2.17. The summed E-state index contributed by atoms with van der Waals surface area (Å²) in [5.41, 5.74) is 1.25. The molecule has 64 valence electrons. The van der Waals surface area contributed by atoms with E-state index in [1.807, 2.05) is 25.2 Å². The highest BCUT2D eigenvalue weighted by Gasteiger charge is 1.88. The van der Waals surface area contributed by atoms with Crippen LogP contribution in [-0.4, -0.2) is 13.1 Å². The lowest BCUT2D eigenvalue weighted by molar-refractivity contribution is 0.731. The van der Waals surface area contributed by atoms with Crippen LogP contribution >= 0.6 is 0 Å². The molecule has 0 heterocycles. The first-order valence-corrected chi connectivity index (χ1v) is 4.23. The van der Waals surface area contributed by atoms with Gasteiger partial charge in [0.05, 0.1) is 0 Å². The van der Waals surface area contributed by atoms with Crippen LogP contribution in [0.25, 0.3) is 6.08 Å². The van der Waals surface area contributed by atoms with Gasteiger partial charge in [0.15, 0.2) is 0 Å². The van der Waals surface area contributed by atoms with Crippen LogP contribution in [-0.2, 0) is 0 Å². The summed E-state index contributed by atoms with van der Waals surface area (Å²) in [7, 11) is 1.96. The molecule has 0 aliphatic carbocycles. The van der Waals surface area contributed by atoms with E-state index in [0.717, 1.165) is 0 Å². The molecule has 0 radical (unpaired) electrons. The summed E-state index contributed by atoms with van der Waals surface area (Å²) >= 11 is 0. The molecule has 1 nitrogen and oxygen atoms in total. The lowest BCUT2D eigenvalue weighted by Gasteiger charge is -2.01. The lowest BCUT2D eigenvalue weighted by atomic mass is 10.2. The first kappa shape index (κ1) is 9.01. The first-order valence-electron chi connectivity index (χ1n) is 4.23. The molecule has 0 bridgehead atoms. The van der Waals surface area contributed by atoms with E-state index in [-0.39, 0.29) is 0 Å². The summed E-state index contributed by atoms with van der Waals surface area (Å²) in [6.45, 7) is 2.12. The molecule has 0 saturated heterocycles. The Morgan fingerprint density at radius 3 is 2.50 bits per heavy atom. The molecule has 1 heteroatoms. The second kappa shape index (κ2) is 4.73. The third kappa shape index (κ3) is 2.89. The van der Waals surface area contributed by atoms with E-state index >= 15 is 0 Å². The maximum atomic E-state index is 3.15. The van der Waals surface area contributed by atoms with Crippen molar-refractivity contribution in [2.45, 2.75) is 13.0 Å². The number of hydrogen-bond acceptors (Lipinski definition) is 1. The second-order valence-corrected chi connectivity index (χ2v) is 2.85. The SMILES string of the molecule is CN[C@@H](C)/C=C/c1ccccc1. The van der Waals surface area contributed by atoms with Crippen LogP contribution < -0.4 is 5.32 Å². The Kier molecular flexibility index (Phi) is 3.55. The van der Waals surface area contributed by atoms with Crippen LogP contribution in [0.1, 0.15) is 12.5 Å². The normalized spacial score (nSPS) is 13.5. The van der Waals surface area contributed by atoms with Crippen molar-refractivity contribution < 1.29 is 0 Å². The predicted octanol–water partition coefficient (Wildman–Crippen LogP) is 2.31. The van der Waals surface area contributed by atoms with Crippen LogP contribution in [0.15, 0.2) is 36.4 Å². The van der Waals surface area contributed by atoms with Gasteiger partial charge in [-0.25, -0.2) is 0 Å². The standard InChI is InChI=1S/C11H15N/c1-10(12-2)8-9-11-6-4-3-5-7-11/h3-10,12H,1-2H3/b9-8+/t10-/m0/s1. The average molecular weight is 161 g/mol. The Morgan fingerprint density at radius 1 is 1.25 bits per heavy atom. The first-order chi connectivity index (χ1) is 5.83. The molecule has 0 saturated carbocycles. The summed E-state index contributed by atoms with van der Waals surface area (Å²) in [6.07, 6.45) is 4.27. The third-order valence-corrected chi connectivity index (χ3v) is 1.83. The highest BCUT2D eigenvalue weighted by atomic mass is 14.8. The number of nitrogens with one attached hydrogen (secondary N) is 1. The van der Waals surface area contributed by atoms with Crippen molar-refractivity contribution >= 4 is 6.08 Å². The van der Waals surface area contributed by atoms with Gasteiger partial charge >= 0.3 is 0 Å². The van der Waals surface area contributed by atoms with Crippen LogP contribution in [0.4, 0.5) is 0 Å². The molecule has 0 amide bonds. The van der Waals surface area contributed by atoms with Crippen molar-refractivity contribution in [3.63, 3.8) is 0 Å². The van der Waals surface area contributed by atoms with Crippen molar-refractivity contribution in [3.8, 4) is 0 Å². The molecule has 1 atom stereocenters. The molecule has 1 rings (SSSR count). The topological polar surface area (TPSA) is 12.0 Å². The zero-order valence-corrected chi connectivity index (χ0v) is 7.62. The Morgan fingerprint density at radius 2 is 1.92 bits per heavy atom. The highest BCUT2D eigenvalue weighted by Crippen LogP contribution is 2.01. The molecule has 0 aliphatic rings. The van der Waals surface area contributed by atoms with Gasteiger partial charge in [0.1, 0.15) is 0 Å². The molecule has 0 spiro atoms. The van der Waals surface area contributed by atoms with Crippen LogP contribution in [0, 0.1) is 0 Å². The second-order valence-electron chi connectivity index (χ2n) is 2.85. The van der Waals surface area contributed by atoms with Crippen LogP contribution in [0.2, 0.25) is 0 Å². The van der Waals surface area contributed by atoms with Gasteiger partial charge in [0, 0.05) is 6.04 Å². The summed E-state index contributed by atoms with van der Waals surface area (Å²) in [5, 5.41) is 3.15. The fourth-order valence-electron chi connectivity index (χ4n) is 0.916. The Bertz CT molecular complexity index is 238. The number of likely N-dealkylation sites (N-methyl/N-ethyl adjacent to an activating group) is 1. The highest BCUT2D eigenvalue weighted by molar-refractivity contribution is 5.49. The van der Waals surface area contributed by atoms with Gasteiger partial charge in [-0.15, -0.1) is 0 Å². The number of benzene rings is 1. The van der Waals surface area contributed by atoms with E-state index < -0.39 is 0 Å². The van der Waals surface area contributed by atoms with E-state index in [4.69, 9.17) is 0 Å². The van der Waals surface area contributed by atoms with Gasteiger partial charge in [-0.05, 0) is 19.5 Å². The summed E-state index contributed by atoms with van der Waals surface area (Å²) in [6, 6.07) is 10.7. The maximum absolute atomic E-state index is 3.15. The zero-order valence-electron chi connectivity index (χ0n) is 7.62. The molecule has 0 fully saturated rings. The monoisotopic (exact) mass is 161 g/mol. The van der Waals surface area contributed by atoms with Crippen molar-refractivity contribution in [1.82, 2.24) is 5.32 Å². The fourth-order valence-corrected chi connectivity index (χ4v) is 0.916. The summed E-state index contributed by atoms with van der Waals surface area (Å²) in [4.78, 5) is 0. The van der Waals surface area contributed by atoms with Crippen molar-refractivity contribution in [2.24, 2.45) is 0 Å². The van der Waals surface area contributed by atoms with E-state index in [9.17, 15) is 0 Å². The van der Waals surface area contributed by atoms with Gasteiger partial charge in [0.2, 0.25) is 0 Å². The van der Waals surface area contributed by atoms with Crippen molar-refractivity contribution in [3.05, 3.63) is 42.0 Å². The van der Waals surface area contributed by atoms with Gasteiger partial charge in [0.25, 0.3) is 0 Å². The average Bonchev–Trinajstić information content (AvgIpc) is 2.16. The van der Waals surface area contributed by atoms with Crippen LogP contribution in [0.5, 0.6) is 0 Å². The zero-order chi connectivity index (χ0) is 8.81. The summed E-state index contributed by atoms with van der Waals surface area (Å²) < 4.78 is 0. The van der Waals surface area contributed by atoms with E-state index in [1.165, 1.54) is 5.56 Å². The predicted molar refractivity (Wildman–Crippen MR) is 54.0 cm³/mol. The molecular weight excluding hydrogens is 146 g/mol. The fraction of sp³-hybridized carbons (Fsp3) is 0.273. The van der Waals surface area contributed by atoms with Gasteiger partial charge in [-0.1, -0.05) is 42.5 Å². The Labute approximate surface area is 74.1 Å². The maximum Gasteiger partial charge on any atom is 0.0221 e. The molecule has 0 aliphatic heterocycles. The molecule has 1 aromatic rings. The molecule has 0 aromatic heterocycles. The Hall–Kier alpha value is -1.08. The van der Waals surface area contributed by atoms with Gasteiger partial charge in [-0.2, -0.15) is 0 Å². The minimum atomic E-state index is 0.435. The van der Waals surface area contributed by atoms with Gasteiger partial charge < -0.3 is 5.32 Å². The van der Waals surface area contributed by atoms with E-state index in [2.05, 4.69) is 36.5 Å². The smallest absolute Gasteiger partial charge is 0.0221 e. The van der Waals surface area contributed by atoms with E-state index in [0.29, 0.717) is 6.04 Å². The Balaban J connectivity index is 2.58. The van der Waals surface area contributed by atoms with Crippen molar-refractivity contribution in [1.29, 1.82) is 0 Å². The number of rotatable bonds is 3. The van der Waals surface area contributed by atoms with Gasteiger partial charge in [-0.3, -0.25) is 0 Å². The van der Waals surface area contributed by atoms with Crippen molar-refractivity contribution in [2.75, 3.05) is 7.05 Å². The largest absolute Gasteiger partial charge is 0.314 e.